The molecule has 6 nitrogen and oxygen atoms in total. The molecular formula is C20H28N2O4S. The van der Waals surface area contributed by atoms with Gasteiger partial charge in [0, 0.05) is 43.8 Å². The summed E-state index contributed by atoms with van der Waals surface area (Å²) in [6, 6.07) is 6.23. The highest BCUT2D eigenvalue weighted by Gasteiger charge is 2.27. The van der Waals surface area contributed by atoms with E-state index < -0.39 is 6.10 Å². The predicted octanol–water partition coefficient (Wildman–Crippen LogP) is 2.41. The summed E-state index contributed by atoms with van der Waals surface area (Å²) in [5, 5.41) is 0. The molecule has 1 aliphatic heterocycles. The molecule has 1 aromatic rings. The monoisotopic (exact) mass is 392 g/mol. The minimum absolute atomic E-state index is 0.0165. The second-order valence-corrected chi connectivity index (χ2v) is 7.98. The van der Waals surface area contributed by atoms with Crippen molar-refractivity contribution in [2.24, 2.45) is 0 Å². The molecule has 0 radical (unpaired) electrons. The third-order valence-electron chi connectivity index (χ3n) is 4.75. The standard InChI is InChI=1S/C20H28N2O4S/c1-14-5-6-18(13-15(14)2)27-12-7-19(24)26-16(3)20(25)22-10-8-21(9-11-22)17(4)23/h5-6,13,16H,7-12H2,1-4H3. The van der Waals surface area contributed by atoms with E-state index >= 15 is 0 Å². The van der Waals surface area contributed by atoms with Gasteiger partial charge in [-0.05, 0) is 44.0 Å². The van der Waals surface area contributed by atoms with Crippen molar-refractivity contribution in [2.75, 3.05) is 31.9 Å². The Labute approximate surface area is 165 Å². The number of rotatable bonds is 6. The number of thioether (sulfide) groups is 1. The van der Waals surface area contributed by atoms with Crippen molar-refractivity contribution in [1.29, 1.82) is 0 Å². The number of hydrogen-bond donors (Lipinski definition) is 0. The smallest absolute Gasteiger partial charge is 0.307 e. The van der Waals surface area contributed by atoms with E-state index in [0.717, 1.165) is 4.90 Å². The van der Waals surface area contributed by atoms with E-state index in [2.05, 4.69) is 26.0 Å². The summed E-state index contributed by atoms with van der Waals surface area (Å²) in [5.74, 6) is 0.0604. The molecule has 1 saturated heterocycles. The van der Waals surface area contributed by atoms with Gasteiger partial charge in [-0.1, -0.05) is 6.07 Å². The lowest BCUT2D eigenvalue weighted by Gasteiger charge is -2.35. The number of amides is 2. The first-order valence-electron chi connectivity index (χ1n) is 9.21. The fraction of sp³-hybridized carbons (Fsp3) is 0.550. The lowest BCUT2D eigenvalue weighted by Crippen LogP contribution is -2.52. The maximum absolute atomic E-state index is 12.4. The zero-order valence-corrected chi connectivity index (χ0v) is 17.3. The van der Waals surface area contributed by atoms with Crippen LogP contribution in [0.1, 0.15) is 31.4 Å². The van der Waals surface area contributed by atoms with E-state index in [4.69, 9.17) is 4.74 Å². The van der Waals surface area contributed by atoms with E-state index in [-0.39, 0.29) is 24.2 Å². The number of hydrogen-bond acceptors (Lipinski definition) is 5. The number of benzene rings is 1. The van der Waals surface area contributed by atoms with Crippen molar-refractivity contribution >= 4 is 29.5 Å². The topological polar surface area (TPSA) is 66.9 Å². The summed E-state index contributed by atoms with van der Waals surface area (Å²) in [7, 11) is 0. The van der Waals surface area contributed by atoms with Gasteiger partial charge in [-0.25, -0.2) is 0 Å². The molecule has 0 N–H and O–H groups in total. The number of carbonyl (C=O) groups is 3. The number of ether oxygens (including phenoxy) is 1. The van der Waals surface area contributed by atoms with Crippen molar-refractivity contribution in [1.82, 2.24) is 9.80 Å². The lowest BCUT2D eigenvalue weighted by molar-refractivity contribution is -0.159. The fourth-order valence-electron chi connectivity index (χ4n) is 2.86. The first-order valence-corrected chi connectivity index (χ1v) is 10.2. The van der Waals surface area contributed by atoms with Gasteiger partial charge < -0.3 is 14.5 Å². The SMILES string of the molecule is CC(=O)N1CCN(C(=O)C(C)OC(=O)CCSc2ccc(C)c(C)c2)CC1. The van der Waals surface area contributed by atoms with Crippen LogP contribution < -0.4 is 0 Å². The molecule has 0 aliphatic carbocycles. The molecule has 0 spiro atoms. The molecule has 1 atom stereocenters. The van der Waals surface area contributed by atoms with E-state index in [9.17, 15) is 14.4 Å². The van der Waals surface area contributed by atoms with Gasteiger partial charge >= 0.3 is 5.97 Å². The maximum atomic E-state index is 12.4. The molecule has 1 unspecified atom stereocenters. The van der Waals surface area contributed by atoms with Crippen LogP contribution in [-0.4, -0.2) is 65.6 Å². The number of carbonyl (C=O) groups excluding carboxylic acids is 3. The molecule has 148 valence electrons. The quantitative estimate of drug-likeness (QED) is 0.549. The Balaban J connectivity index is 1.72. The van der Waals surface area contributed by atoms with Gasteiger partial charge in [-0.2, -0.15) is 0 Å². The number of piperazine rings is 1. The first-order chi connectivity index (χ1) is 12.8. The molecule has 0 aromatic heterocycles. The summed E-state index contributed by atoms with van der Waals surface area (Å²) >= 11 is 1.60. The van der Waals surface area contributed by atoms with Crippen molar-refractivity contribution in [2.45, 2.75) is 45.1 Å². The normalized spacial score (nSPS) is 15.4. The van der Waals surface area contributed by atoms with E-state index in [0.29, 0.717) is 31.9 Å². The average Bonchev–Trinajstić information content (AvgIpc) is 2.64. The summed E-state index contributed by atoms with van der Waals surface area (Å²) < 4.78 is 5.30. The average molecular weight is 393 g/mol. The highest BCUT2D eigenvalue weighted by molar-refractivity contribution is 7.99. The molecule has 7 heteroatoms. The molecule has 0 saturated carbocycles. The van der Waals surface area contributed by atoms with Gasteiger partial charge in [0.05, 0.1) is 6.42 Å². The van der Waals surface area contributed by atoms with Gasteiger partial charge in [0.2, 0.25) is 5.91 Å². The molecular weight excluding hydrogens is 364 g/mol. The Bertz CT molecular complexity index is 699. The van der Waals surface area contributed by atoms with Crippen LogP contribution in [0.3, 0.4) is 0 Å². The summed E-state index contributed by atoms with van der Waals surface area (Å²) in [4.78, 5) is 40.3. The second kappa shape index (κ2) is 9.78. The van der Waals surface area contributed by atoms with Gasteiger partial charge in [-0.3, -0.25) is 14.4 Å². The summed E-state index contributed by atoms with van der Waals surface area (Å²) in [6.07, 6.45) is -0.541. The molecule has 27 heavy (non-hydrogen) atoms. The van der Waals surface area contributed by atoms with Gasteiger partial charge in [0.25, 0.3) is 5.91 Å². The van der Waals surface area contributed by atoms with Crippen molar-refractivity contribution < 1.29 is 19.1 Å². The molecule has 1 aliphatic rings. The Morgan fingerprint density at radius 3 is 2.30 bits per heavy atom. The van der Waals surface area contributed by atoms with E-state index in [1.54, 1.807) is 28.5 Å². The van der Waals surface area contributed by atoms with Crippen LogP contribution in [-0.2, 0) is 19.1 Å². The van der Waals surface area contributed by atoms with E-state index in [1.165, 1.54) is 18.1 Å². The van der Waals surface area contributed by atoms with Crippen LogP contribution in [0, 0.1) is 13.8 Å². The third kappa shape index (κ3) is 6.27. The Kier molecular flexibility index (Phi) is 7.71. The van der Waals surface area contributed by atoms with Crippen LogP contribution in [0.15, 0.2) is 23.1 Å². The molecule has 0 bridgehead atoms. The second-order valence-electron chi connectivity index (χ2n) is 6.81. The van der Waals surface area contributed by atoms with Crippen LogP contribution in [0.5, 0.6) is 0 Å². The minimum atomic E-state index is -0.798. The number of esters is 1. The molecule has 2 amide bonds. The van der Waals surface area contributed by atoms with Crippen LogP contribution >= 0.6 is 11.8 Å². The fourth-order valence-corrected chi connectivity index (χ4v) is 3.79. The minimum Gasteiger partial charge on any atom is -0.453 e. The number of aryl methyl sites for hydroxylation is 2. The van der Waals surface area contributed by atoms with Gasteiger partial charge in [0.1, 0.15) is 0 Å². The Hall–Kier alpha value is -2.02. The van der Waals surface area contributed by atoms with Crippen molar-refractivity contribution in [3.05, 3.63) is 29.3 Å². The van der Waals surface area contributed by atoms with Gasteiger partial charge in [-0.15, -0.1) is 11.8 Å². The van der Waals surface area contributed by atoms with Crippen molar-refractivity contribution in [3.8, 4) is 0 Å². The molecule has 1 heterocycles. The molecule has 2 rings (SSSR count). The third-order valence-corrected chi connectivity index (χ3v) is 5.74. The van der Waals surface area contributed by atoms with Crippen LogP contribution in [0.25, 0.3) is 0 Å². The predicted molar refractivity (Wildman–Crippen MR) is 106 cm³/mol. The first kappa shape index (κ1) is 21.3. The van der Waals surface area contributed by atoms with Crippen molar-refractivity contribution in [3.63, 3.8) is 0 Å². The summed E-state index contributed by atoms with van der Waals surface area (Å²) in [5.41, 5.74) is 2.47. The largest absolute Gasteiger partial charge is 0.453 e. The highest BCUT2D eigenvalue weighted by Crippen LogP contribution is 2.22. The Morgan fingerprint density at radius 1 is 1.07 bits per heavy atom. The van der Waals surface area contributed by atoms with Gasteiger partial charge in [0.15, 0.2) is 6.10 Å². The lowest BCUT2D eigenvalue weighted by atomic mass is 10.1. The van der Waals surface area contributed by atoms with E-state index in [1.807, 2.05) is 6.07 Å². The number of nitrogens with zero attached hydrogens (tertiary/aromatic N) is 2. The zero-order chi connectivity index (χ0) is 20.0. The van der Waals surface area contributed by atoms with Crippen LogP contribution in [0.4, 0.5) is 0 Å². The maximum Gasteiger partial charge on any atom is 0.307 e. The zero-order valence-electron chi connectivity index (χ0n) is 16.5. The molecule has 1 aromatic carbocycles. The molecule has 1 fully saturated rings. The Morgan fingerprint density at radius 2 is 1.70 bits per heavy atom. The van der Waals surface area contributed by atoms with Crippen LogP contribution in [0.2, 0.25) is 0 Å². The summed E-state index contributed by atoms with van der Waals surface area (Å²) in [6.45, 7) is 9.26. The highest BCUT2D eigenvalue weighted by atomic mass is 32.2.